The van der Waals surface area contributed by atoms with Crippen molar-refractivity contribution >= 4 is 17.1 Å². The number of rotatable bonds is 8. The van der Waals surface area contributed by atoms with Crippen molar-refractivity contribution in [2.24, 2.45) is 5.92 Å². The average molecular weight is 351 g/mol. The van der Waals surface area contributed by atoms with Gasteiger partial charge in [-0.2, -0.15) is 0 Å². The second-order valence-corrected chi connectivity index (χ2v) is 7.87. The highest BCUT2D eigenvalue weighted by Crippen LogP contribution is 2.39. The van der Waals surface area contributed by atoms with Crippen LogP contribution in [0, 0.1) is 5.92 Å². The van der Waals surface area contributed by atoms with Gasteiger partial charge in [0.15, 0.2) is 6.04 Å². The number of carbonyl (C=O) groups is 1. The van der Waals surface area contributed by atoms with E-state index in [1.54, 1.807) is 11.8 Å². The van der Waals surface area contributed by atoms with Gasteiger partial charge in [0, 0.05) is 17.8 Å². The number of nitrogens with zero attached hydrogens (tertiary/aromatic N) is 3. The summed E-state index contributed by atoms with van der Waals surface area (Å²) >= 11 is -0.803. The molecule has 0 aliphatic heterocycles. The van der Waals surface area contributed by atoms with Crippen LogP contribution in [0.5, 0.6) is 0 Å². The lowest BCUT2D eigenvalue weighted by molar-refractivity contribution is -0.145. The van der Waals surface area contributed by atoms with Gasteiger partial charge in [-0.25, -0.2) is 9.48 Å². The summed E-state index contributed by atoms with van der Waals surface area (Å²) in [6.45, 7) is 4.13. The van der Waals surface area contributed by atoms with Crippen LogP contribution in [0.3, 0.4) is 0 Å². The number of benzene rings is 1. The Bertz CT molecular complexity index is 646. The number of carbonyl (C=O) groups excluding carboxylic acids is 1. The SMILES string of the molecule is COC(=O)[C@@H](CC(C)C)n1cc(C[SH](OC)c2ccccc2)nn1. The topological polar surface area (TPSA) is 66.2 Å². The number of esters is 1. The highest BCUT2D eigenvalue weighted by atomic mass is 32.2. The summed E-state index contributed by atoms with van der Waals surface area (Å²) in [5, 5.41) is 8.36. The van der Waals surface area contributed by atoms with Gasteiger partial charge in [-0.1, -0.05) is 37.3 Å². The van der Waals surface area contributed by atoms with Gasteiger partial charge in [0.2, 0.25) is 0 Å². The molecular formula is C17H25N3O3S. The average Bonchev–Trinajstić information content (AvgIpc) is 3.05. The molecule has 0 fully saturated rings. The molecule has 2 rings (SSSR count). The molecule has 1 heterocycles. The molecule has 0 saturated carbocycles. The quantitative estimate of drug-likeness (QED) is 0.584. The second kappa shape index (κ2) is 8.84. The molecule has 0 N–H and O–H groups in total. The fourth-order valence-corrected chi connectivity index (χ4v) is 3.90. The summed E-state index contributed by atoms with van der Waals surface area (Å²) in [6.07, 6.45) is 2.48. The molecule has 0 radical (unpaired) electrons. The number of aromatic nitrogens is 3. The summed E-state index contributed by atoms with van der Waals surface area (Å²) in [7, 11) is 3.10. The molecule has 0 saturated heterocycles. The molecule has 1 aromatic heterocycles. The first-order valence-electron chi connectivity index (χ1n) is 7.90. The minimum atomic E-state index is -0.803. The van der Waals surface area contributed by atoms with E-state index in [0.29, 0.717) is 18.1 Å². The van der Waals surface area contributed by atoms with Crippen LogP contribution in [-0.2, 0) is 19.5 Å². The maximum absolute atomic E-state index is 12.0. The van der Waals surface area contributed by atoms with E-state index in [1.165, 1.54) is 7.11 Å². The van der Waals surface area contributed by atoms with Gasteiger partial charge in [-0.3, -0.25) is 0 Å². The van der Waals surface area contributed by atoms with E-state index in [1.807, 2.05) is 24.4 Å². The van der Waals surface area contributed by atoms with Gasteiger partial charge in [-0.05, 0) is 24.5 Å². The van der Waals surface area contributed by atoms with Crippen LogP contribution in [0.15, 0.2) is 41.4 Å². The van der Waals surface area contributed by atoms with Gasteiger partial charge in [0.25, 0.3) is 0 Å². The zero-order valence-corrected chi connectivity index (χ0v) is 15.4. The molecule has 0 spiro atoms. The van der Waals surface area contributed by atoms with E-state index in [0.717, 1.165) is 10.6 Å². The third-order valence-corrected chi connectivity index (χ3v) is 5.54. The van der Waals surface area contributed by atoms with Crippen LogP contribution in [-0.4, -0.2) is 35.2 Å². The maximum Gasteiger partial charge on any atom is 0.330 e. The standard InChI is InChI=1S/C17H25N3O3S/c1-13(2)10-16(17(21)22-3)20-11-14(18-19-20)12-24(23-4)15-8-6-5-7-9-15/h5-9,11,13,16,24H,10,12H2,1-4H3/t16-/m1/s1. The number of thiol groups is 1. The van der Waals surface area contributed by atoms with Crippen LogP contribution in [0.4, 0.5) is 0 Å². The van der Waals surface area contributed by atoms with Crippen molar-refractivity contribution in [1.29, 1.82) is 0 Å². The number of hydrogen-bond acceptors (Lipinski definition) is 5. The fraction of sp³-hybridized carbons (Fsp3) is 0.471. The normalized spacial score (nSPS) is 14.5. The minimum Gasteiger partial charge on any atom is -0.467 e. The Morgan fingerprint density at radius 2 is 1.96 bits per heavy atom. The molecule has 6 nitrogen and oxygen atoms in total. The lowest BCUT2D eigenvalue weighted by Crippen LogP contribution is -2.23. The number of hydrogen-bond donors (Lipinski definition) is 1. The van der Waals surface area contributed by atoms with Crippen LogP contribution in [0.2, 0.25) is 0 Å². The number of ether oxygens (including phenoxy) is 1. The third-order valence-electron chi connectivity index (χ3n) is 3.62. The molecule has 2 aromatic rings. The lowest BCUT2D eigenvalue weighted by atomic mass is 10.0. The Balaban J connectivity index is 2.14. The van der Waals surface area contributed by atoms with Crippen LogP contribution < -0.4 is 0 Å². The van der Waals surface area contributed by atoms with Crippen molar-refractivity contribution < 1.29 is 13.7 Å². The van der Waals surface area contributed by atoms with Crippen LogP contribution in [0.1, 0.15) is 32.0 Å². The van der Waals surface area contributed by atoms with Gasteiger partial charge >= 0.3 is 5.97 Å². The third kappa shape index (κ3) is 4.82. The van der Waals surface area contributed by atoms with E-state index in [2.05, 4.69) is 36.3 Å². The highest BCUT2D eigenvalue weighted by molar-refractivity contribution is 8.12. The van der Waals surface area contributed by atoms with E-state index in [9.17, 15) is 4.79 Å². The fourth-order valence-electron chi connectivity index (χ4n) is 2.44. The van der Waals surface area contributed by atoms with E-state index >= 15 is 0 Å². The summed E-state index contributed by atoms with van der Waals surface area (Å²) in [6, 6.07) is 9.63. The minimum absolute atomic E-state index is 0.294. The molecule has 24 heavy (non-hydrogen) atoms. The van der Waals surface area contributed by atoms with Crippen LogP contribution >= 0.6 is 11.2 Å². The zero-order chi connectivity index (χ0) is 17.5. The Morgan fingerprint density at radius 1 is 1.25 bits per heavy atom. The predicted octanol–water partition coefficient (Wildman–Crippen LogP) is 3.16. The van der Waals surface area contributed by atoms with Crippen molar-refractivity contribution in [3.8, 4) is 0 Å². The molecule has 132 valence electrons. The summed E-state index contributed by atoms with van der Waals surface area (Å²) in [4.78, 5) is 13.2. The van der Waals surface area contributed by atoms with Gasteiger partial charge in [0.05, 0.1) is 19.0 Å². The van der Waals surface area contributed by atoms with Crippen LogP contribution in [0.25, 0.3) is 0 Å². The molecule has 1 unspecified atom stereocenters. The van der Waals surface area contributed by atoms with Crippen molar-refractivity contribution in [2.75, 3.05) is 14.2 Å². The zero-order valence-electron chi connectivity index (χ0n) is 14.5. The first-order chi connectivity index (χ1) is 11.5. The van der Waals surface area contributed by atoms with Crippen molar-refractivity contribution in [1.82, 2.24) is 15.0 Å². The smallest absolute Gasteiger partial charge is 0.330 e. The molecule has 1 aromatic carbocycles. The van der Waals surface area contributed by atoms with E-state index < -0.39 is 17.2 Å². The summed E-state index contributed by atoms with van der Waals surface area (Å²) < 4.78 is 12.1. The summed E-state index contributed by atoms with van der Waals surface area (Å²) in [5.74, 6) is 0.713. The predicted molar refractivity (Wildman–Crippen MR) is 94.9 cm³/mol. The Morgan fingerprint density at radius 3 is 2.54 bits per heavy atom. The Kier molecular flexibility index (Phi) is 6.81. The van der Waals surface area contributed by atoms with Gasteiger partial charge < -0.3 is 8.92 Å². The van der Waals surface area contributed by atoms with Crippen molar-refractivity contribution in [3.05, 3.63) is 42.2 Å². The first-order valence-corrected chi connectivity index (χ1v) is 9.34. The first kappa shape index (κ1) is 18.5. The molecule has 0 amide bonds. The molecule has 7 heteroatoms. The molecule has 0 bridgehead atoms. The molecule has 0 aliphatic rings. The monoisotopic (exact) mass is 351 g/mol. The van der Waals surface area contributed by atoms with Crippen molar-refractivity contribution in [2.45, 2.75) is 37.0 Å². The lowest BCUT2D eigenvalue weighted by Gasteiger charge is -2.18. The largest absolute Gasteiger partial charge is 0.467 e. The molecular weight excluding hydrogens is 326 g/mol. The van der Waals surface area contributed by atoms with Gasteiger partial charge in [-0.15, -0.1) is 16.3 Å². The number of methoxy groups -OCH3 is 1. The highest BCUT2D eigenvalue weighted by Gasteiger charge is 2.24. The maximum atomic E-state index is 12.0. The van der Waals surface area contributed by atoms with E-state index in [4.69, 9.17) is 8.92 Å². The van der Waals surface area contributed by atoms with Crippen molar-refractivity contribution in [3.63, 3.8) is 0 Å². The van der Waals surface area contributed by atoms with E-state index in [-0.39, 0.29) is 5.97 Å². The Labute approximate surface area is 145 Å². The summed E-state index contributed by atoms with van der Waals surface area (Å²) in [5.41, 5.74) is 0.810. The molecule has 0 aliphatic carbocycles. The van der Waals surface area contributed by atoms with Gasteiger partial charge in [0.1, 0.15) is 0 Å². The Hall–Kier alpha value is -1.86. The second-order valence-electron chi connectivity index (χ2n) is 5.91. The molecule has 2 atom stereocenters.